The maximum absolute atomic E-state index is 11.9. The minimum absolute atomic E-state index is 0.0931. The topological polar surface area (TPSA) is 69.6 Å². The predicted molar refractivity (Wildman–Crippen MR) is 105 cm³/mol. The summed E-state index contributed by atoms with van der Waals surface area (Å²) in [5.41, 5.74) is 0. The quantitative estimate of drug-likeness (QED) is 0.777. The van der Waals surface area contributed by atoms with E-state index in [9.17, 15) is 8.42 Å². The van der Waals surface area contributed by atoms with Crippen LogP contribution < -0.4 is 9.80 Å². The van der Waals surface area contributed by atoms with Crippen LogP contribution in [0.4, 0.5) is 11.6 Å². The van der Waals surface area contributed by atoms with Gasteiger partial charge in [-0.3, -0.25) is 0 Å². The zero-order valence-corrected chi connectivity index (χ0v) is 17.0. The van der Waals surface area contributed by atoms with Crippen molar-refractivity contribution >= 4 is 21.7 Å². The molecule has 1 unspecified atom stereocenters. The monoisotopic (exact) mass is 381 g/mol. The molecule has 0 bridgehead atoms. The number of rotatable bonds is 5. The van der Waals surface area contributed by atoms with Crippen LogP contribution in [0.1, 0.15) is 39.5 Å². The first-order valence-corrected chi connectivity index (χ1v) is 11.5. The Morgan fingerprint density at radius 3 is 2.35 bits per heavy atom. The molecule has 8 heteroatoms. The van der Waals surface area contributed by atoms with E-state index >= 15 is 0 Å². The van der Waals surface area contributed by atoms with Gasteiger partial charge in [0.2, 0.25) is 10.0 Å². The number of piperidine rings is 2. The third kappa shape index (κ3) is 4.46. The van der Waals surface area contributed by atoms with Gasteiger partial charge >= 0.3 is 0 Å². The van der Waals surface area contributed by atoms with Crippen LogP contribution >= 0.6 is 0 Å². The Kier molecular flexibility index (Phi) is 6.02. The van der Waals surface area contributed by atoms with Gasteiger partial charge in [-0.2, -0.15) is 4.31 Å². The highest BCUT2D eigenvalue weighted by atomic mass is 32.2. The molecule has 2 aliphatic rings. The Bertz CT molecular complexity index is 703. The van der Waals surface area contributed by atoms with Crippen LogP contribution in [-0.2, 0) is 10.0 Å². The molecule has 7 nitrogen and oxygen atoms in total. The fourth-order valence-electron chi connectivity index (χ4n) is 4.23. The number of hydrogen-bond donors (Lipinski definition) is 0. The molecule has 2 saturated heterocycles. The van der Waals surface area contributed by atoms with Crippen molar-refractivity contribution in [3.05, 3.63) is 12.4 Å². The average molecular weight is 382 g/mol. The number of hydrogen-bond acceptors (Lipinski definition) is 6. The molecule has 2 aliphatic heterocycles. The molecule has 0 spiro atoms. The molecule has 0 aromatic carbocycles. The lowest BCUT2D eigenvalue weighted by molar-refractivity contribution is 0.285. The van der Waals surface area contributed by atoms with Gasteiger partial charge in [0.25, 0.3) is 0 Å². The summed E-state index contributed by atoms with van der Waals surface area (Å²) in [4.78, 5) is 13.6. The van der Waals surface area contributed by atoms with Gasteiger partial charge in [0.15, 0.2) is 0 Å². The third-order valence-corrected chi connectivity index (χ3v) is 6.96. The molecule has 1 atom stereocenters. The van der Waals surface area contributed by atoms with Gasteiger partial charge in [0.05, 0.1) is 6.26 Å². The van der Waals surface area contributed by atoms with Crippen molar-refractivity contribution in [2.75, 3.05) is 48.8 Å². The lowest BCUT2D eigenvalue weighted by Crippen LogP contribution is -2.47. The van der Waals surface area contributed by atoms with Gasteiger partial charge in [-0.05, 0) is 31.6 Å². The van der Waals surface area contributed by atoms with Gasteiger partial charge in [-0.15, -0.1) is 0 Å². The highest BCUT2D eigenvalue weighted by Gasteiger charge is 2.29. The van der Waals surface area contributed by atoms with Crippen molar-refractivity contribution in [3.8, 4) is 0 Å². The third-order valence-electron chi connectivity index (χ3n) is 5.55. The largest absolute Gasteiger partial charge is 0.356 e. The van der Waals surface area contributed by atoms with Crippen molar-refractivity contribution in [1.29, 1.82) is 0 Å². The fraction of sp³-hybridized carbons (Fsp3) is 0.778. The number of anilines is 2. The second kappa shape index (κ2) is 8.08. The highest BCUT2D eigenvalue weighted by molar-refractivity contribution is 7.88. The molecule has 146 valence electrons. The Labute approximate surface area is 157 Å². The molecule has 0 saturated carbocycles. The van der Waals surface area contributed by atoms with Crippen molar-refractivity contribution < 1.29 is 8.42 Å². The minimum Gasteiger partial charge on any atom is -0.356 e. The van der Waals surface area contributed by atoms with E-state index in [-0.39, 0.29) is 6.04 Å². The molecule has 26 heavy (non-hydrogen) atoms. The smallest absolute Gasteiger partial charge is 0.211 e. The molecule has 0 amide bonds. The van der Waals surface area contributed by atoms with E-state index in [2.05, 4.69) is 32.8 Å². The Hall–Kier alpha value is -1.41. The van der Waals surface area contributed by atoms with E-state index in [4.69, 9.17) is 0 Å². The first kappa shape index (κ1) is 19.4. The molecule has 0 aliphatic carbocycles. The Morgan fingerprint density at radius 2 is 1.77 bits per heavy atom. The van der Waals surface area contributed by atoms with Crippen molar-refractivity contribution in [3.63, 3.8) is 0 Å². The maximum Gasteiger partial charge on any atom is 0.211 e. The normalized spacial score (nSPS) is 22.8. The zero-order chi connectivity index (χ0) is 18.7. The molecule has 1 aromatic rings. The maximum atomic E-state index is 11.9. The average Bonchev–Trinajstić information content (AvgIpc) is 2.62. The van der Waals surface area contributed by atoms with Crippen molar-refractivity contribution in [2.24, 2.45) is 5.92 Å². The van der Waals surface area contributed by atoms with E-state index in [0.29, 0.717) is 12.5 Å². The molecular formula is C18H31N5O2S. The van der Waals surface area contributed by atoms with Gasteiger partial charge < -0.3 is 9.80 Å². The number of sulfonamides is 1. The van der Waals surface area contributed by atoms with E-state index in [0.717, 1.165) is 50.7 Å². The van der Waals surface area contributed by atoms with Gasteiger partial charge in [0, 0.05) is 44.8 Å². The van der Waals surface area contributed by atoms with E-state index in [1.165, 1.54) is 19.1 Å². The number of aromatic nitrogens is 2. The van der Waals surface area contributed by atoms with E-state index in [1.807, 2.05) is 6.92 Å². The summed E-state index contributed by atoms with van der Waals surface area (Å²) in [5.74, 6) is 2.66. The summed E-state index contributed by atoms with van der Waals surface area (Å²) in [6, 6.07) is 2.18. The SMILES string of the molecule is CCN(C1CCN(c2cc(N3CCCC(C)C3)ncn2)CC1)S(C)(=O)=O. The summed E-state index contributed by atoms with van der Waals surface area (Å²) >= 11 is 0. The standard InChI is InChI=1S/C18H31N5O2S/c1-4-23(26(3,24)25)16-7-10-21(11-8-16)17-12-18(20-14-19-17)22-9-5-6-15(2)13-22/h12,14-16H,4-11,13H2,1-3H3. The van der Waals surface area contributed by atoms with E-state index in [1.54, 1.807) is 10.6 Å². The van der Waals surface area contributed by atoms with Crippen LogP contribution in [0.5, 0.6) is 0 Å². The summed E-state index contributed by atoms with van der Waals surface area (Å²) in [6.45, 7) is 8.49. The van der Waals surface area contributed by atoms with Crippen LogP contribution in [0.25, 0.3) is 0 Å². The number of nitrogens with zero attached hydrogens (tertiary/aromatic N) is 5. The van der Waals surface area contributed by atoms with Gasteiger partial charge in [-0.25, -0.2) is 18.4 Å². The van der Waals surface area contributed by atoms with Crippen LogP contribution in [0.2, 0.25) is 0 Å². The molecule has 3 rings (SSSR count). The highest BCUT2D eigenvalue weighted by Crippen LogP contribution is 2.26. The van der Waals surface area contributed by atoms with Crippen molar-refractivity contribution in [2.45, 2.75) is 45.6 Å². The fourth-order valence-corrected chi connectivity index (χ4v) is 5.45. The lowest BCUT2D eigenvalue weighted by atomic mass is 10.0. The molecule has 0 radical (unpaired) electrons. The van der Waals surface area contributed by atoms with Crippen LogP contribution in [-0.4, -0.2) is 67.7 Å². The second-order valence-corrected chi connectivity index (χ2v) is 9.55. The van der Waals surface area contributed by atoms with Crippen LogP contribution in [0.3, 0.4) is 0 Å². The molecular weight excluding hydrogens is 350 g/mol. The minimum atomic E-state index is -3.14. The Balaban J connectivity index is 1.65. The first-order valence-electron chi connectivity index (χ1n) is 9.67. The van der Waals surface area contributed by atoms with E-state index < -0.39 is 10.0 Å². The molecule has 3 heterocycles. The second-order valence-electron chi connectivity index (χ2n) is 7.61. The zero-order valence-electron chi connectivity index (χ0n) is 16.1. The first-order chi connectivity index (χ1) is 12.4. The van der Waals surface area contributed by atoms with Crippen LogP contribution in [0, 0.1) is 5.92 Å². The summed E-state index contributed by atoms with van der Waals surface area (Å²) < 4.78 is 25.5. The van der Waals surface area contributed by atoms with Crippen LogP contribution in [0.15, 0.2) is 12.4 Å². The predicted octanol–water partition coefficient (Wildman–Crippen LogP) is 1.96. The molecule has 2 fully saturated rings. The molecule has 0 N–H and O–H groups in total. The lowest BCUT2D eigenvalue weighted by Gasteiger charge is -2.37. The van der Waals surface area contributed by atoms with Gasteiger partial charge in [0.1, 0.15) is 18.0 Å². The summed E-state index contributed by atoms with van der Waals surface area (Å²) in [7, 11) is -3.14. The molecule has 1 aromatic heterocycles. The summed E-state index contributed by atoms with van der Waals surface area (Å²) in [5, 5.41) is 0. The van der Waals surface area contributed by atoms with Crippen molar-refractivity contribution in [1.82, 2.24) is 14.3 Å². The van der Waals surface area contributed by atoms with Gasteiger partial charge in [-0.1, -0.05) is 13.8 Å². The summed E-state index contributed by atoms with van der Waals surface area (Å²) in [6.07, 6.45) is 7.13. The Morgan fingerprint density at radius 1 is 1.12 bits per heavy atom.